The van der Waals surface area contributed by atoms with Gasteiger partial charge in [0.05, 0.1) is 25.7 Å². The van der Waals surface area contributed by atoms with E-state index in [0.717, 1.165) is 12.1 Å². The van der Waals surface area contributed by atoms with Crippen molar-refractivity contribution in [2.75, 3.05) is 25.3 Å². The molecule has 1 heterocycles. The summed E-state index contributed by atoms with van der Waals surface area (Å²) < 4.78 is 44.9. The van der Waals surface area contributed by atoms with Crippen LogP contribution in [-0.4, -0.2) is 40.6 Å². The normalized spacial score (nSPS) is 11.7. The lowest BCUT2D eigenvalue weighted by molar-refractivity contribution is -0.113. The number of rotatable bonds is 10. The van der Waals surface area contributed by atoms with Gasteiger partial charge in [0.1, 0.15) is 17.3 Å². The zero-order valence-electron chi connectivity index (χ0n) is 18.6. The van der Waals surface area contributed by atoms with Crippen LogP contribution in [0.2, 0.25) is 0 Å². The number of ether oxygens (including phenoxy) is 3. The van der Waals surface area contributed by atoms with Crippen molar-refractivity contribution in [1.29, 1.82) is 0 Å². The second-order valence-corrected chi connectivity index (χ2v) is 7.77. The third kappa shape index (κ3) is 5.92. The number of hydrogen-bond acceptors (Lipinski definition) is 7. The van der Waals surface area contributed by atoms with Gasteiger partial charge in [-0.25, -0.2) is 8.78 Å². The number of carbonyl (C=O) groups excluding carboxylic acids is 1. The van der Waals surface area contributed by atoms with Gasteiger partial charge in [-0.05, 0) is 38.1 Å². The van der Waals surface area contributed by atoms with E-state index in [-0.39, 0.29) is 17.4 Å². The summed E-state index contributed by atoms with van der Waals surface area (Å²) in [6, 6.07) is 8.20. The third-order valence-electron chi connectivity index (χ3n) is 4.64. The summed E-state index contributed by atoms with van der Waals surface area (Å²) in [5.41, 5.74) is 0.489. The van der Waals surface area contributed by atoms with Crippen LogP contribution in [0.25, 0.3) is 0 Å². The van der Waals surface area contributed by atoms with Crippen LogP contribution in [0.5, 0.6) is 17.2 Å². The van der Waals surface area contributed by atoms with E-state index < -0.39 is 17.7 Å². The Morgan fingerprint density at radius 1 is 1.12 bits per heavy atom. The fourth-order valence-electron chi connectivity index (χ4n) is 3.05. The highest BCUT2D eigenvalue weighted by Crippen LogP contribution is 2.30. The van der Waals surface area contributed by atoms with Crippen molar-refractivity contribution in [2.45, 2.75) is 31.7 Å². The Morgan fingerprint density at radius 3 is 2.55 bits per heavy atom. The first-order chi connectivity index (χ1) is 15.9. The second-order valence-electron chi connectivity index (χ2n) is 6.82. The Labute approximate surface area is 194 Å². The van der Waals surface area contributed by atoms with Gasteiger partial charge in [0.15, 0.2) is 28.7 Å². The van der Waals surface area contributed by atoms with Crippen molar-refractivity contribution in [1.82, 2.24) is 14.8 Å². The Kier molecular flexibility index (Phi) is 8.10. The minimum Gasteiger partial charge on any atom is -0.497 e. The average molecular weight is 479 g/mol. The molecule has 1 N–H and O–H groups in total. The molecule has 3 rings (SSSR count). The number of amides is 1. The number of nitrogens with one attached hydrogen (secondary N) is 1. The van der Waals surface area contributed by atoms with Crippen LogP contribution in [0.3, 0.4) is 0 Å². The molecule has 1 amide bonds. The first kappa shape index (κ1) is 24.3. The fourth-order valence-corrected chi connectivity index (χ4v) is 3.86. The molecule has 0 aliphatic carbocycles. The van der Waals surface area contributed by atoms with Crippen LogP contribution in [-0.2, 0) is 11.3 Å². The van der Waals surface area contributed by atoms with Crippen molar-refractivity contribution in [3.8, 4) is 17.2 Å². The van der Waals surface area contributed by atoms with Crippen molar-refractivity contribution >= 4 is 23.4 Å². The van der Waals surface area contributed by atoms with Crippen molar-refractivity contribution < 1.29 is 27.8 Å². The van der Waals surface area contributed by atoms with Gasteiger partial charge >= 0.3 is 0 Å². The number of hydrogen-bond donors (Lipinski definition) is 1. The molecule has 0 radical (unpaired) electrons. The summed E-state index contributed by atoms with van der Waals surface area (Å²) in [6.07, 6.45) is -0.651. The van der Waals surface area contributed by atoms with Crippen molar-refractivity contribution in [3.63, 3.8) is 0 Å². The van der Waals surface area contributed by atoms with Gasteiger partial charge in [-0.2, -0.15) is 0 Å². The molecule has 33 heavy (non-hydrogen) atoms. The Morgan fingerprint density at radius 2 is 1.88 bits per heavy atom. The highest BCUT2D eigenvalue weighted by atomic mass is 32.2. The van der Waals surface area contributed by atoms with E-state index in [2.05, 4.69) is 15.5 Å². The SMILES string of the molecule is CCn1c(SCC(=O)Nc2cc(OC)ccc2OC)nnc1C(C)Oc1ccc(F)cc1F. The lowest BCUT2D eigenvalue weighted by Gasteiger charge is -2.16. The molecule has 0 fully saturated rings. The largest absolute Gasteiger partial charge is 0.497 e. The molecule has 1 aromatic heterocycles. The van der Waals surface area contributed by atoms with Crippen LogP contribution < -0.4 is 19.5 Å². The summed E-state index contributed by atoms with van der Waals surface area (Å²) in [5, 5.41) is 11.6. The second kappa shape index (κ2) is 11.0. The van der Waals surface area contributed by atoms with E-state index in [4.69, 9.17) is 14.2 Å². The quantitative estimate of drug-likeness (QED) is 0.431. The Balaban J connectivity index is 1.67. The van der Waals surface area contributed by atoms with E-state index in [1.165, 1.54) is 32.0 Å². The molecule has 1 atom stereocenters. The monoisotopic (exact) mass is 478 g/mol. The summed E-state index contributed by atoms with van der Waals surface area (Å²) >= 11 is 1.20. The number of benzene rings is 2. The zero-order valence-corrected chi connectivity index (χ0v) is 19.4. The van der Waals surface area contributed by atoms with Crippen molar-refractivity contribution in [2.24, 2.45) is 0 Å². The predicted octanol–water partition coefficient (Wildman–Crippen LogP) is 4.46. The summed E-state index contributed by atoms with van der Waals surface area (Å²) in [5.74, 6) is -0.227. The van der Waals surface area contributed by atoms with Gasteiger partial charge in [0.2, 0.25) is 5.91 Å². The molecule has 2 aromatic carbocycles. The average Bonchev–Trinajstić information content (AvgIpc) is 3.22. The van der Waals surface area contributed by atoms with Gasteiger partial charge in [-0.1, -0.05) is 11.8 Å². The Hall–Kier alpha value is -3.34. The van der Waals surface area contributed by atoms with E-state index in [0.29, 0.717) is 34.7 Å². The molecule has 176 valence electrons. The molecule has 8 nitrogen and oxygen atoms in total. The molecule has 0 aliphatic rings. The molecule has 3 aromatic rings. The molecule has 0 saturated heterocycles. The molecular weight excluding hydrogens is 454 g/mol. The molecule has 0 aliphatic heterocycles. The van der Waals surface area contributed by atoms with Gasteiger partial charge < -0.3 is 24.1 Å². The van der Waals surface area contributed by atoms with Crippen LogP contribution in [0.15, 0.2) is 41.6 Å². The van der Waals surface area contributed by atoms with Gasteiger partial charge in [-0.3, -0.25) is 4.79 Å². The van der Waals surface area contributed by atoms with Crippen molar-refractivity contribution in [3.05, 3.63) is 53.9 Å². The fraction of sp³-hybridized carbons (Fsp3) is 0.318. The minimum atomic E-state index is -0.802. The van der Waals surface area contributed by atoms with Crippen LogP contribution in [0, 0.1) is 11.6 Å². The van der Waals surface area contributed by atoms with Gasteiger partial charge in [-0.15, -0.1) is 10.2 Å². The maximum Gasteiger partial charge on any atom is 0.234 e. The summed E-state index contributed by atoms with van der Waals surface area (Å²) in [7, 11) is 3.05. The maximum absolute atomic E-state index is 13.9. The van der Waals surface area contributed by atoms with E-state index in [1.54, 1.807) is 29.7 Å². The highest BCUT2D eigenvalue weighted by Gasteiger charge is 2.21. The zero-order chi connectivity index (χ0) is 24.0. The standard InChI is InChI=1S/C22H24F2N4O4S/c1-5-28-21(13(2)32-18-8-6-14(23)10-16(18)24)26-27-22(28)33-12-20(29)25-17-11-15(30-3)7-9-19(17)31-4/h6-11,13H,5,12H2,1-4H3,(H,25,29). The predicted molar refractivity (Wildman–Crippen MR) is 120 cm³/mol. The van der Waals surface area contributed by atoms with Gasteiger partial charge in [0, 0.05) is 18.7 Å². The number of methoxy groups -OCH3 is 2. The molecule has 0 saturated carbocycles. The third-order valence-corrected chi connectivity index (χ3v) is 5.60. The number of thioether (sulfide) groups is 1. The van der Waals surface area contributed by atoms with Crippen LogP contribution in [0.4, 0.5) is 14.5 Å². The lowest BCUT2D eigenvalue weighted by Crippen LogP contribution is -2.16. The van der Waals surface area contributed by atoms with Crippen LogP contribution >= 0.6 is 11.8 Å². The molecule has 11 heteroatoms. The maximum atomic E-state index is 13.9. The number of anilines is 1. The molecule has 0 bridgehead atoms. The summed E-state index contributed by atoms with van der Waals surface area (Å²) in [6.45, 7) is 4.09. The number of aromatic nitrogens is 3. The lowest BCUT2D eigenvalue weighted by atomic mass is 10.2. The summed E-state index contributed by atoms with van der Waals surface area (Å²) in [4.78, 5) is 12.5. The topological polar surface area (TPSA) is 87.5 Å². The molecular formula is C22H24F2N4O4S. The van der Waals surface area contributed by atoms with E-state index >= 15 is 0 Å². The Bertz CT molecular complexity index is 1130. The van der Waals surface area contributed by atoms with Crippen LogP contribution in [0.1, 0.15) is 25.8 Å². The highest BCUT2D eigenvalue weighted by molar-refractivity contribution is 7.99. The number of nitrogens with zero attached hydrogens (tertiary/aromatic N) is 3. The molecule has 0 spiro atoms. The first-order valence-electron chi connectivity index (χ1n) is 10.1. The number of halogens is 2. The first-order valence-corrected chi connectivity index (χ1v) is 11.0. The van der Waals surface area contributed by atoms with Gasteiger partial charge in [0.25, 0.3) is 0 Å². The van der Waals surface area contributed by atoms with E-state index in [9.17, 15) is 13.6 Å². The smallest absolute Gasteiger partial charge is 0.234 e. The van der Waals surface area contributed by atoms with E-state index in [1.807, 2.05) is 6.92 Å². The minimum absolute atomic E-state index is 0.0698. The number of carbonyl (C=O) groups is 1. The molecule has 1 unspecified atom stereocenters.